The topological polar surface area (TPSA) is 38.9 Å². The molecule has 0 saturated heterocycles. The number of nitrogens with zero attached hydrogens (tertiary/aromatic N) is 2. The van der Waals surface area contributed by atoms with Crippen molar-refractivity contribution in [2.24, 2.45) is 0 Å². The Morgan fingerprint density at radius 2 is 1.95 bits per heavy atom. The first-order valence-electron chi connectivity index (χ1n) is 5.17. The van der Waals surface area contributed by atoms with E-state index in [-0.39, 0.29) is 29.6 Å². The fraction of sp³-hybridized carbons (Fsp3) is 0.273. The monoisotopic (exact) mass is 294 g/mol. The molecule has 0 spiro atoms. The average molecular weight is 295 g/mol. The van der Waals surface area contributed by atoms with Gasteiger partial charge in [0.1, 0.15) is 5.82 Å². The van der Waals surface area contributed by atoms with Gasteiger partial charge in [0.25, 0.3) is 0 Å². The highest BCUT2D eigenvalue weighted by Gasteiger charge is 2.31. The van der Waals surface area contributed by atoms with Gasteiger partial charge in [-0.25, -0.2) is 4.39 Å². The average Bonchev–Trinajstić information content (AvgIpc) is 2.76. The normalized spacial score (nSPS) is 11.8. The zero-order valence-corrected chi connectivity index (χ0v) is 10.1. The van der Waals surface area contributed by atoms with E-state index >= 15 is 0 Å². The number of halogens is 5. The lowest BCUT2D eigenvalue weighted by Crippen LogP contribution is -2.05. The van der Waals surface area contributed by atoms with Gasteiger partial charge in [-0.2, -0.15) is 18.2 Å². The minimum Gasteiger partial charge on any atom is -0.339 e. The molecule has 0 aliphatic carbocycles. The summed E-state index contributed by atoms with van der Waals surface area (Å²) < 4.78 is 55.6. The van der Waals surface area contributed by atoms with Gasteiger partial charge in [0, 0.05) is 17.9 Å². The van der Waals surface area contributed by atoms with Crippen molar-refractivity contribution in [2.45, 2.75) is 12.6 Å². The van der Waals surface area contributed by atoms with E-state index in [1.807, 2.05) is 0 Å². The van der Waals surface area contributed by atoms with Crippen LogP contribution in [-0.4, -0.2) is 16.0 Å². The maximum Gasteiger partial charge on any atom is 0.416 e. The van der Waals surface area contributed by atoms with E-state index in [1.165, 1.54) is 0 Å². The van der Waals surface area contributed by atoms with Crippen LogP contribution in [-0.2, 0) is 12.6 Å². The van der Waals surface area contributed by atoms with Crippen LogP contribution >= 0.6 is 11.6 Å². The zero-order chi connectivity index (χ0) is 14.0. The van der Waals surface area contributed by atoms with Crippen LogP contribution in [0.3, 0.4) is 0 Å². The molecule has 0 bridgehead atoms. The number of alkyl halides is 4. The summed E-state index contributed by atoms with van der Waals surface area (Å²) in [6, 6.07) is 2.08. The summed E-state index contributed by atoms with van der Waals surface area (Å²) in [5.74, 6) is -0.708. The largest absolute Gasteiger partial charge is 0.416 e. The number of aromatic nitrogens is 2. The van der Waals surface area contributed by atoms with Crippen molar-refractivity contribution in [1.82, 2.24) is 10.1 Å². The van der Waals surface area contributed by atoms with Crippen LogP contribution in [0.15, 0.2) is 22.7 Å². The Labute approximate surface area is 110 Å². The Morgan fingerprint density at radius 3 is 2.58 bits per heavy atom. The SMILES string of the molecule is Fc1cc(-c2noc(CCCl)n2)cc(C(F)(F)F)c1. The summed E-state index contributed by atoms with van der Waals surface area (Å²) in [6.07, 6.45) is -4.35. The quantitative estimate of drug-likeness (QED) is 0.640. The Morgan fingerprint density at radius 1 is 1.21 bits per heavy atom. The Bertz CT molecular complexity index is 582. The van der Waals surface area contributed by atoms with Crippen LogP contribution < -0.4 is 0 Å². The molecular weight excluding hydrogens is 288 g/mol. The third kappa shape index (κ3) is 3.23. The van der Waals surface area contributed by atoms with E-state index in [9.17, 15) is 17.6 Å². The Hall–Kier alpha value is -1.63. The van der Waals surface area contributed by atoms with Crippen LogP contribution in [0.5, 0.6) is 0 Å². The van der Waals surface area contributed by atoms with Crippen molar-refractivity contribution < 1.29 is 22.1 Å². The van der Waals surface area contributed by atoms with E-state index < -0.39 is 17.6 Å². The van der Waals surface area contributed by atoms with Gasteiger partial charge in [-0.05, 0) is 18.2 Å². The van der Waals surface area contributed by atoms with Gasteiger partial charge in [0.15, 0.2) is 0 Å². The number of rotatable bonds is 3. The van der Waals surface area contributed by atoms with E-state index in [0.717, 1.165) is 12.1 Å². The highest BCUT2D eigenvalue weighted by molar-refractivity contribution is 6.17. The third-order valence-corrected chi connectivity index (χ3v) is 2.45. The second-order valence-corrected chi connectivity index (χ2v) is 4.06. The Balaban J connectivity index is 2.41. The predicted octanol–water partition coefficient (Wildman–Crippen LogP) is 3.68. The molecule has 0 saturated carbocycles. The highest BCUT2D eigenvalue weighted by atomic mass is 35.5. The zero-order valence-electron chi connectivity index (χ0n) is 9.34. The molecule has 1 aromatic heterocycles. The van der Waals surface area contributed by atoms with Gasteiger partial charge in [-0.1, -0.05) is 5.16 Å². The third-order valence-electron chi connectivity index (χ3n) is 2.26. The minimum absolute atomic E-state index is 0.100. The molecule has 0 fully saturated rings. The van der Waals surface area contributed by atoms with Crippen LogP contribution in [0.4, 0.5) is 17.6 Å². The number of hydrogen-bond donors (Lipinski definition) is 0. The van der Waals surface area contributed by atoms with Gasteiger partial charge >= 0.3 is 6.18 Å². The van der Waals surface area contributed by atoms with Crippen molar-refractivity contribution in [1.29, 1.82) is 0 Å². The molecule has 0 N–H and O–H groups in total. The van der Waals surface area contributed by atoms with E-state index in [1.54, 1.807) is 0 Å². The van der Waals surface area contributed by atoms with Crippen LogP contribution in [0.1, 0.15) is 11.5 Å². The van der Waals surface area contributed by atoms with Gasteiger partial charge in [-0.3, -0.25) is 0 Å². The predicted molar refractivity (Wildman–Crippen MR) is 59.1 cm³/mol. The van der Waals surface area contributed by atoms with E-state index in [4.69, 9.17) is 16.1 Å². The molecule has 1 aromatic carbocycles. The first-order valence-corrected chi connectivity index (χ1v) is 5.70. The summed E-state index contributed by atoms with van der Waals surface area (Å²) in [7, 11) is 0. The van der Waals surface area contributed by atoms with Crippen LogP contribution in [0.2, 0.25) is 0 Å². The van der Waals surface area contributed by atoms with Crippen molar-refractivity contribution in [3.63, 3.8) is 0 Å². The fourth-order valence-corrected chi connectivity index (χ4v) is 1.60. The number of hydrogen-bond acceptors (Lipinski definition) is 3. The molecule has 3 nitrogen and oxygen atoms in total. The second kappa shape index (κ2) is 5.16. The number of aryl methyl sites for hydroxylation is 1. The molecule has 1 heterocycles. The smallest absolute Gasteiger partial charge is 0.339 e. The molecule has 0 atom stereocenters. The summed E-state index contributed by atoms with van der Waals surface area (Å²) in [4.78, 5) is 3.84. The van der Waals surface area contributed by atoms with E-state index in [0.29, 0.717) is 6.07 Å². The molecule has 102 valence electrons. The van der Waals surface area contributed by atoms with Crippen molar-refractivity contribution in [3.8, 4) is 11.4 Å². The van der Waals surface area contributed by atoms with Gasteiger partial charge in [0.05, 0.1) is 5.56 Å². The lowest BCUT2D eigenvalue weighted by atomic mass is 10.1. The Kier molecular flexibility index (Phi) is 3.75. The van der Waals surface area contributed by atoms with E-state index in [2.05, 4.69) is 10.1 Å². The molecule has 0 aliphatic heterocycles. The molecule has 0 radical (unpaired) electrons. The van der Waals surface area contributed by atoms with Crippen molar-refractivity contribution in [2.75, 3.05) is 5.88 Å². The van der Waals surface area contributed by atoms with Crippen molar-refractivity contribution >= 4 is 11.6 Å². The van der Waals surface area contributed by atoms with Gasteiger partial charge < -0.3 is 4.52 Å². The lowest BCUT2D eigenvalue weighted by molar-refractivity contribution is -0.137. The maximum absolute atomic E-state index is 13.2. The summed E-state index contributed by atoms with van der Waals surface area (Å²) in [5.41, 5.74) is -1.21. The standard InChI is InChI=1S/C11H7ClF4N2O/c12-2-1-9-17-10(18-19-9)6-3-7(11(14,15)16)5-8(13)4-6/h3-5H,1-2H2. The molecule has 8 heteroatoms. The summed E-state index contributed by atoms with van der Waals surface area (Å²) in [6.45, 7) is 0. The highest BCUT2D eigenvalue weighted by Crippen LogP contribution is 2.32. The minimum atomic E-state index is -4.64. The first kappa shape index (κ1) is 13.8. The fourth-order valence-electron chi connectivity index (χ4n) is 1.44. The molecule has 0 aliphatic rings. The maximum atomic E-state index is 13.2. The van der Waals surface area contributed by atoms with Gasteiger partial charge in [0.2, 0.25) is 11.7 Å². The molecular formula is C11H7ClF4N2O. The molecule has 2 aromatic rings. The van der Waals surface area contributed by atoms with Crippen molar-refractivity contribution in [3.05, 3.63) is 35.5 Å². The second-order valence-electron chi connectivity index (χ2n) is 3.68. The molecule has 2 rings (SSSR count). The van der Waals surface area contributed by atoms with Gasteiger partial charge in [-0.15, -0.1) is 11.6 Å². The van der Waals surface area contributed by atoms with Crippen LogP contribution in [0.25, 0.3) is 11.4 Å². The molecule has 0 amide bonds. The first-order chi connectivity index (χ1) is 8.90. The van der Waals surface area contributed by atoms with Crippen LogP contribution in [0, 0.1) is 5.82 Å². The number of benzene rings is 1. The summed E-state index contributed by atoms with van der Waals surface area (Å²) >= 11 is 5.47. The summed E-state index contributed by atoms with van der Waals surface area (Å²) in [5, 5.41) is 3.49. The molecule has 19 heavy (non-hydrogen) atoms. The lowest BCUT2D eigenvalue weighted by Gasteiger charge is -2.07. The molecule has 0 unspecified atom stereocenters.